The van der Waals surface area contributed by atoms with Crippen LogP contribution in [0.15, 0.2) is 0 Å². The summed E-state index contributed by atoms with van der Waals surface area (Å²) >= 11 is 0. The Labute approximate surface area is 95.0 Å². The fourth-order valence-electron chi connectivity index (χ4n) is 1.65. The molecule has 3 nitrogen and oxygen atoms in total. The van der Waals surface area contributed by atoms with Gasteiger partial charge in [-0.25, -0.2) is 0 Å². The van der Waals surface area contributed by atoms with Crippen LogP contribution in [0, 0.1) is 5.41 Å². The van der Waals surface area contributed by atoms with Gasteiger partial charge in [0.15, 0.2) is 0 Å². The summed E-state index contributed by atoms with van der Waals surface area (Å²) in [4.78, 5) is 2.43. The van der Waals surface area contributed by atoms with Crippen molar-refractivity contribution in [2.45, 2.75) is 46.8 Å². The van der Waals surface area contributed by atoms with Gasteiger partial charge in [0.25, 0.3) is 0 Å². The second kappa shape index (κ2) is 6.46. The van der Waals surface area contributed by atoms with Gasteiger partial charge in [0.2, 0.25) is 0 Å². The van der Waals surface area contributed by atoms with Crippen molar-refractivity contribution < 1.29 is 4.74 Å². The van der Waals surface area contributed by atoms with E-state index in [0.29, 0.717) is 6.04 Å². The Balaban J connectivity index is 4.36. The summed E-state index contributed by atoms with van der Waals surface area (Å²) in [7, 11) is 1.77. The summed E-state index contributed by atoms with van der Waals surface area (Å²) < 4.78 is 5.37. The third-order valence-corrected chi connectivity index (χ3v) is 3.22. The minimum Gasteiger partial charge on any atom is -0.380 e. The van der Waals surface area contributed by atoms with E-state index in [-0.39, 0.29) is 11.5 Å². The highest BCUT2D eigenvalue weighted by Gasteiger charge is 2.25. The first-order valence-electron chi connectivity index (χ1n) is 5.85. The van der Waals surface area contributed by atoms with Crippen LogP contribution < -0.4 is 5.73 Å². The van der Waals surface area contributed by atoms with E-state index in [4.69, 9.17) is 10.5 Å². The Morgan fingerprint density at radius 1 is 1.33 bits per heavy atom. The first-order chi connectivity index (χ1) is 6.87. The first kappa shape index (κ1) is 14.9. The highest BCUT2D eigenvalue weighted by Crippen LogP contribution is 2.18. The maximum atomic E-state index is 5.76. The Morgan fingerprint density at radius 2 is 1.87 bits per heavy atom. The lowest BCUT2D eigenvalue weighted by Crippen LogP contribution is -2.47. The van der Waals surface area contributed by atoms with Gasteiger partial charge in [-0.15, -0.1) is 0 Å². The predicted molar refractivity (Wildman–Crippen MR) is 66.0 cm³/mol. The number of hydrogen-bond donors (Lipinski definition) is 1. The van der Waals surface area contributed by atoms with Crippen molar-refractivity contribution in [1.82, 2.24) is 4.90 Å². The quantitative estimate of drug-likeness (QED) is 0.704. The zero-order valence-electron chi connectivity index (χ0n) is 11.2. The zero-order valence-corrected chi connectivity index (χ0v) is 11.2. The van der Waals surface area contributed by atoms with E-state index < -0.39 is 0 Å². The molecule has 3 heteroatoms. The highest BCUT2D eigenvalue weighted by atomic mass is 16.5. The van der Waals surface area contributed by atoms with Crippen LogP contribution in [0.1, 0.15) is 34.6 Å². The molecule has 0 rings (SSSR count). The lowest BCUT2D eigenvalue weighted by molar-refractivity contribution is 0.0214. The highest BCUT2D eigenvalue weighted by molar-refractivity contribution is 4.79. The predicted octanol–water partition coefficient (Wildman–Crippen LogP) is 1.72. The van der Waals surface area contributed by atoms with Gasteiger partial charge < -0.3 is 10.5 Å². The van der Waals surface area contributed by atoms with Crippen molar-refractivity contribution in [2.24, 2.45) is 11.1 Å². The largest absolute Gasteiger partial charge is 0.380 e. The molecule has 0 spiro atoms. The standard InChI is InChI=1S/C12H28N2O/c1-7-14(9-12(4,5)8-13)10(2)11(3)15-6/h10-11H,7-9,13H2,1-6H3. The third-order valence-electron chi connectivity index (χ3n) is 3.22. The van der Waals surface area contributed by atoms with Crippen molar-refractivity contribution in [3.05, 3.63) is 0 Å². The normalized spacial score (nSPS) is 16.8. The topological polar surface area (TPSA) is 38.5 Å². The van der Waals surface area contributed by atoms with Gasteiger partial charge >= 0.3 is 0 Å². The van der Waals surface area contributed by atoms with E-state index in [1.807, 2.05) is 0 Å². The Bertz CT molecular complexity index is 171. The van der Waals surface area contributed by atoms with Crippen LogP contribution in [0.5, 0.6) is 0 Å². The minimum absolute atomic E-state index is 0.178. The number of nitrogens with two attached hydrogens (primary N) is 1. The van der Waals surface area contributed by atoms with E-state index in [9.17, 15) is 0 Å². The molecule has 0 saturated heterocycles. The van der Waals surface area contributed by atoms with Gasteiger partial charge in [0, 0.05) is 19.7 Å². The molecule has 0 aromatic carbocycles. The first-order valence-corrected chi connectivity index (χ1v) is 5.85. The molecule has 0 bridgehead atoms. The third kappa shape index (κ3) is 4.96. The van der Waals surface area contributed by atoms with Gasteiger partial charge in [-0.3, -0.25) is 4.90 Å². The van der Waals surface area contributed by atoms with Crippen LogP contribution in [-0.4, -0.2) is 43.8 Å². The molecule has 15 heavy (non-hydrogen) atoms. The fourth-order valence-corrected chi connectivity index (χ4v) is 1.65. The van der Waals surface area contributed by atoms with Crippen molar-refractivity contribution >= 4 is 0 Å². The monoisotopic (exact) mass is 216 g/mol. The number of rotatable bonds is 7. The van der Waals surface area contributed by atoms with E-state index in [2.05, 4.69) is 39.5 Å². The molecule has 92 valence electrons. The summed E-state index contributed by atoms with van der Waals surface area (Å²) in [6.07, 6.45) is 0.263. The van der Waals surface area contributed by atoms with Gasteiger partial charge in [0.05, 0.1) is 6.10 Å². The Kier molecular flexibility index (Phi) is 6.41. The van der Waals surface area contributed by atoms with Crippen LogP contribution >= 0.6 is 0 Å². The van der Waals surface area contributed by atoms with Gasteiger partial charge in [-0.1, -0.05) is 20.8 Å². The van der Waals surface area contributed by atoms with Crippen molar-refractivity contribution in [3.8, 4) is 0 Å². The molecule has 0 heterocycles. The smallest absolute Gasteiger partial charge is 0.0695 e. The molecule has 2 unspecified atom stereocenters. The van der Waals surface area contributed by atoms with Gasteiger partial charge in [0.1, 0.15) is 0 Å². The summed E-state index contributed by atoms with van der Waals surface area (Å²) in [5.41, 5.74) is 5.94. The maximum Gasteiger partial charge on any atom is 0.0695 e. The van der Waals surface area contributed by atoms with Crippen molar-refractivity contribution in [3.63, 3.8) is 0 Å². The second-order valence-corrected chi connectivity index (χ2v) is 5.11. The summed E-state index contributed by atoms with van der Waals surface area (Å²) in [5, 5.41) is 0. The molecule has 0 aliphatic rings. The molecule has 0 aromatic rings. The van der Waals surface area contributed by atoms with E-state index >= 15 is 0 Å². The van der Waals surface area contributed by atoms with Gasteiger partial charge in [-0.05, 0) is 32.4 Å². The average Bonchev–Trinajstić information content (AvgIpc) is 2.23. The number of nitrogens with zero attached hydrogens (tertiary/aromatic N) is 1. The lowest BCUT2D eigenvalue weighted by Gasteiger charge is -2.37. The minimum atomic E-state index is 0.178. The number of likely N-dealkylation sites (N-methyl/N-ethyl adjacent to an activating group) is 1. The molecule has 0 aliphatic carbocycles. The Hall–Kier alpha value is -0.120. The number of methoxy groups -OCH3 is 1. The van der Waals surface area contributed by atoms with Crippen molar-refractivity contribution in [2.75, 3.05) is 26.7 Å². The molecule has 0 fully saturated rings. The van der Waals surface area contributed by atoms with Gasteiger partial charge in [-0.2, -0.15) is 0 Å². The molecule has 2 atom stereocenters. The summed E-state index contributed by atoms with van der Waals surface area (Å²) in [6.45, 7) is 13.7. The molecule has 0 saturated carbocycles. The lowest BCUT2D eigenvalue weighted by atomic mass is 9.92. The summed E-state index contributed by atoms with van der Waals surface area (Å²) in [6, 6.07) is 0.436. The molecular formula is C12H28N2O. The van der Waals surface area contributed by atoms with Crippen LogP contribution in [0.25, 0.3) is 0 Å². The zero-order chi connectivity index (χ0) is 12.1. The molecule has 2 N–H and O–H groups in total. The number of ether oxygens (including phenoxy) is 1. The molecule has 0 amide bonds. The van der Waals surface area contributed by atoms with Crippen molar-refractivity contribution in [1.29, 1.82) is 0 Å². The van der Waals surface area contributed by atoms with Crippen LogP contribution in [0.2, 0.25) is 0 Å². The van der Waals surface area contributed by atoms with Crippen LogP contribution in [0.4, 0.5) is 0 Å². The molecule has 0 aliphatic heterocycles. The molecule has 0 radical (unpaired) electrons. The fraction of sp³-hybridized carbons (Fsp3) is 1.00. The van der Waals surface area contributed by atoms with Crippen LogP contribution in [0.3, 0.4) is 0 Å². The Morgan fingerprint density at radius 3 is 2.20 bits per heavy atom. The summed E-state index contributed by atoms with van der Waals surface area (Å²) in [5.74, 6) is 0. The average molecular weight is 216 g/mol. The second-order valence-electron chi connectivity index (χ2n) is 5.11. The van der Waals surface area contributed by atoms with E-state index in [0.717, 1.165) is 19.6 Å². The maximum absolute atomic E-state index is 5.76. The van der Waals surface area contributed by atoms with E-state index in [1.165, 1.54) is 0 Å². The SMILES string of the molecule is CCN(CC(C)(C)CN)C(C)C(C)OC. The number of hydrogen-bond acceptors (Lipinski definition) is 3. The molecular weight excluding hydrogens is 188 g/mol. The van der Waals surface area contributed by atoms with Crippen LogP contribution in [-0.2, 0) is 4.74 Å². The van der Waals surface area contributed by atoms with E-state index in [1.54, 1.807) is 7.11 Å². The molecule has 0 aromatic heterocycles.